The van der Waals surface area contributed by atoms with Crippen molar-refractivity contribution in [2.75, 3.05) is 20.3 Å². The Hall–Kier alpha value is -1.71. The van der Waals surface area contributed by atoms with Gasteiger partial charge >= 0.3 is 5.97 Å². The maximum Gasteiger partial charge on any atom is 0.306 e. The highest BCUT2D eigenvalue weighted by atomic mass is 32.2. The van der Waals surface area contributed by atoms with Crippen molar-refractivity contribution in [3.05, 3.63) is 24.0 Å². The zero-order valence-electron chi connectivity index (χ0n) is 13.9. The van der Waals surface area contributed by atoms with Gasteiger partial charge in [0.2, 0.25) is 10.0 Å². The van der Waals surface area contributed by atoms with Crippen molar-refractivity contribution in [3.63, 3.8) is 0 Å². The summed E-state index contributed by atoms with van der Waals surface area (Å²) in [4.78, 5) is 10.7. The molecule has 140 valence electrons. The molecule has 1 aliphatic carbocycles. The van der Waals surface area contributed by atoms with Gasteiger partial charge in [-0.05, 0) is 43.9 Å². The van der Waals surface area contributed by atoms with Crippen molar-refractivity contribution >= 4 is 16.0 Å². The number of hydrogen-bond acceptors (Lipinski definition) is 5. The molecule has 25 heavy (non-hydrogen) atoms. The topological polar surface area (TPSA) is 102 Å². The quantitative estimate of drug-likeness (QED) is 0.672. The van der Waals surface area contributed by atoms with Crippen LogP contribution in [0.25, 0.3) is 0 Å². The highest BCUT2D eigenvalue weighted by molar-refractivity contribution is 7.89. The van der Waals surface area contributed by atoms with Crippen LogP contribution in [-0.2, 0) is 19.6 Å². The average molecular weight is 375 g/mol. The first-order chi connectivity index (χ1) is 11.8. The fourth-order valence-electron chi connectivity index (χ4n) is 2.79. The van der Waals surface area contributed by atoms with Crippen LogP contribution in [0.2, 0.25) is 0 Å². The number of sulfonamides is 1. The molecule has 0 atom stereocenters. The number of halogens is 1. The molecule has 1 aromatic carbocycles. The second kappa shape index (κ2) is 8.59. The minimum atomic E-state index is -3.99. The highest BCUT2D eigenvalue weighted by Gasteiger charge is 2.30. The first-order valence-electron chi connectivity index (χ1n) is 8.00. The van der Waals surface area contributed by atoms with E-state index in [0.717, 1.165) is 12.1 Å². The van der Waals surface area contributed by atoms with Crippen LogP contribution >= 0.6 is 0 Å². The fourth-order valence-corrected chi connectivity index (χ4v) is 4.25. The Morgan fingerprint density at radius 2 is 1.96 bits per heavy atom. The fraction of sp³-hybridized carbons (Fsp3) is 0.562. The van der Waals surface area contributed by atoms with Gasteiger partial charge in [0.15, 0.2) is 0 Å². The third kappa shape index (κ3) is 5.38. The minimum Gasteiger partial charge on any atom is -0.490 e. The van der Waals surface area contributed by atoms with Gasteiger partial charge in [-0.3, -0.25) is 4.79 Å². The summed E-state index contributed by atoms with van der Waals surface area (Å²) in [7, 11) is -2.50. The van der Waals surface area contributed by atoms with Crippen molar-refractivity contribution in [1.29, 1.82) is 0 Å². The van der Waals surface area contributed by atoms with Gasteiger partial charge in [-0.25, -0.2) is 17.5 Å². The molecule has 1 aromatic rings. The van der Waals surface area contributed by atoms with Gasteiger partial charge in [0.05, 0.1) is 12.5 Å². The van der Waals surface area contributed by atoms with Crippen LogP contribution in [0.3, 0.4) is 0 Å². The summed E-state index contributed by atoms with van der Waals surface area (Å²) in [5.74, 6) is -1.94. The third-order valence-corrected chi connectivity index (χ3v) is 5.68. The number of benzene rings is 1. The second-order valence-electron chi connectivity index (χ2n) is 5.94. The zero-order valence-corrected chi connectivity index (χ0v) is 14.7. The number of nitrogens with one attached hydrogen (secondary N) is 1. The molecule has 0 spiro atoms. The van der Waals surface area contributed by atoms with E-state index in [4.69, 9.17) is 14.6 Å². The van der Waals surface area contributed by atoms with Crippen molar-refractivity contribution < 1.29 is 32.2 Å². The average Bonchev–Trinajstić information content (AvgIpc) is 2.56. The molecule has 1 aliphatic rings. The molecule has 0 bridgehead atoms. The van der Waals surface area contributed by atoms with Crippen molar-refractivity contribution in [2.45, 2.75) is 36.6 Å². The number of carbonyl (C=O) groups is 1. The number of methoxy groups -OCH3 is 1. The van der Waals surface area contributed by atoms with Gasteiger partial charge in [0.1, 0.15) is 23.1 Å². The van der Waals surface area contributed by atoms with E-state index < -0.39 is 27.7 Å². The first-order valence-corrected chi connectivity index (χ1v) is 9.48. The minimum absolute atomic E-state index is 0.0465. The summed E-state index contributed by atoms with van der Waals surface area (Å²) < 4.78 is 51.5. The molecule has 2 N–H and O–H groups in total. The summed E-state index contributed by atoms with van der Waals surface area (Å²) in [6.45, 7) is 0.401. The first kappa shape index (κ1) is 19.6. The zero-order chi connectivity index (χ0) is 18.4. The molecule has 9 heteroatoms. The van der Waals surface area contributed by atoms with Crippen LogP contribution in [0, 0.1) is 11.7 Å². The van der Waals surface area contributed by atoms with E-state index in [1.165, 1.54) is 13.2 Å². The molecule has 1 fully saturated rings. The highest BCUT2D eigenvalue weighted by Crippen LogP contribution is 2.28. The largest absolute Gasteiger partial charge is 0.490 e. The van der Waals surface area contributed by atoms with Crippen LogP contribution in [0.1, 0.15) is 25.7 Å². The van der Waals surface area contributed by atoms with Gasteiger partial charge < -0.3 is 14.6 Å². The van der Waals surface area contributed by atoms with Crippen LogP contribution < -0.4 is 9.46 Å². The van der Waals surface area contributed by atoms with Gasteiger partial charge in [0.25, 0.3) is 0 Å². The maximum atomic E-state index is 13.5. The third-order valence-electron chi connectivity index (χ3n) is 4.14. The van der Waals surface area contributed by atoms with Crippen LogP contribution in [0.4, 0.5) is 4.39 Å². The molecule has 7 nitrogen and oxygen atoms in total. The molecule has 0 aliphatic heterocycles. The Labute approximate surface area is 146 Å². The summed E-state index contributed by atoms with van der Waals surface area (Å²) in [5, 5.41) is 9.00. The number of hydrogen-bond donors (Lipinski definition) is 2. The maximum absolute atomic E-state index is 13.5. The number of aliphatic carboxylic acids is 1. The molecular weight excluding hydrogens is 353 g/mol. The molecular formula is C16H22FNO6S. The van der Waals surface area contributed by atoms with Crippen LogP contribution in [-0.4, -0.2) is 45.9 Å². The van der Waals surface area contributed by atoms with E-state index in [1.54, 1.807) is 0 Å². The molecule has 0 unspecified atom stereocenters. The SMILES string of the molecule is COCCOc1ccc(F)cc1S(=O)(=O)NC1CCC(C(=O)O)CC1. The summed E-state index contributed by atoms with van der Waals surface area (Å²) in [6.07, 6.45) is 1.66. The Morgan fingerprint density at radius 3 is 2.56 bits per heavy atom. The number of rotatable bonds is 8. The van der Waals surface area contributed by atoms with Gasteiger partial charge in [-0.2, -0.15) is 0 Å². The molecule has 0 amide bonds. The number of carboxylic acid groups (broad SMARTS) is 1. The van der Waals surface area contributed by atoms with E-state index >= 15 is 0 Å². The molecule has 0 heterocycles. The Balaban J connectivity index is 2.11. The number of carboxylic acids is 1. The second-order valence-corrected chi connectivity index (χ2v) is 7.62. The molecule has 0 saturated heterocycles. The van der Waals surface area contributed by atoms with E-state index in [2.05, 4.69) is 4.72 Å². The lowest BCUT2D eigenvalue weighted by atomic mass is 9.87. The van der Waals surface area contributed by atoms with E-state index in [9.17, 15) is 17.6 Å². The predicted molar refractivity (Wildman–Crippen MR) is 87.5 cm³/mol. The lowest BCUT2D eigenvalue weighted by Crippen LogP contribution is -2.38. The summed E-state index contributed by atoms with van der Waals surface area (Å²) >= 11 is 0. The van der Waals surface area contributed by atoms with Crippen molar-refractivity contribution in [2.24, 2.45) is 5.92 Å². The standard InChI is InChI=1S/C16H22FNO6S/c1-23-8-9-24-14-7-4-12(17)10-15(14)25(21,22)18-13-5-2-11(3-6-13)16(19)20/h4,7,10-11,13,18H,2-3,5-6,8-9H2,1H3,(H,19,20). The predicted octanol–water partition coefficient (Wildman–Crippen LogP) is 1.77. The molecule has 2 rings (SSSR count). The Morgan fingerprint density at radius 1 is 1.28 bits per heavy atom. The summed E-state index contributed by atoms with van der Waals surface area (Å²) in [6, 6.07) is 2.92. The Kier molecular flexibility index (Phi) is 6.74. The van der Waals surface area contributed by atoms with Gasteiger partial charge in [-0.15, -0.1) is 0 Å². The lowest BCUT2D eigenvalue weighted by molar-refractivity contribution is -0.142. The van der Waals surface area contributed by atoms with Gasteiger partial charge in [0, 0.05) is 13.2 Å². The van der Waals surface area contributed by atoms with Gasteiger partial charge in [-0.1, -0.05) is 0 Å². The van der Waals surface area contributed by atoms with Crippen LogP contribution in [0.5, 0.6) is 5.75 Å². The monoisotopic (exact) mass is 375 g/mol. The van der Waals surface area contributed by atoms with Crippen LogP contribution in [0.15, 0.2) is 23.1 Å². The number of ether oxygens (including phenoxy) is 2. The molecule has 0 aromatic heterocycles. The van der Waals surface area contributed by atoms with E-state index in [-0.39, 0.29) is 29.9 Å². The van der Waals surface area contributed by atoms with Crippen molar-refractivity contribution in [3.8, 4) is 5.75 Å². The molecule has 0 radical (unpaired) electrons. The molecule has 1 saturated carbocycles. The van der Waals surface area contributed by atoms with E-state index in [0.29, 0.717) is 25.7 Å². The smallest absolute Gasteiger partial charge is 0.306 e. The normalized spacial score (nSPS) is 21.0. The van der Waals surface area contributed by atoms with Crippen molar-refractivity contribution in [1.82, 2.24) is 4.72 Å². The lowest BCUT2D eigenvalue weighted by Gasteiger charge is -2.26. The summed E-state index contributed by atoms with van der Waals surface area (Å²) in [5.41, 5.74) is 0. The Bertz CT molecular complexity index is 701. The van der Waals surface area contributed by atoms with E-state index in [1.807, 2.05) is 0 Å².